The Morgan fingerprint density at radius 1 is 1.41 bits per heavy atom. The maximum Gasteiger partial charge on any atom is 0.337 e. The van der Waals surface area contributed by atoms with Gasteiger partial charge in [-0.25, -0.2) is 14.8 Å². The average molecular weight is 252 g/mol. The summed E-state index contributed by atoms with van der Waals surface area (Å²) in [5.74, 6) is 0.212. The van der Waals surface area contributed by atoms with Gasteiger partial charge in [0, 0.05) is 12.4 Å². The van der Waals surface area contributed by atoms with Gasteiger partial charge < -0.3 is 10.1 Å². The van der Waals surface area contributed by atoms with Crippen molar-refractivity contribution in [2.45, 2.75) is 0 Å². The molecule has 0 bridgehead atoms. The first kappa shape index (κ1) is 11.6. The Bertz CT molecular complexity index is 586. The van der Waals surface area contributed by atoms with Crippen LogP contribution in [0, 0.1) is 0 Å². The van der Waals surface area contributed by atoms with Crippen molar-refractivity contribution in [3.8, 4) is 0 Å². The van der Waals surface area contributed by atoms with E-state index >= 15 is 0 Å². The fraction of sp³-hybridized carbons (Fsp3) is 0.182. The van der Waals surface area contributed by atoms with E-state index in [0.29, 0.717) is 16.9 Å². The number of methoxy groups -OCH3 is 1. The molecule has 17 heavy (non-hydrogen) atoms. The molecule has 1 aromatic carbocycles. The lowest BCUT2D eigenvalue weighted by Crippen LogP contribution is -2.02. The maximum absolute atomic E-state index is 11.4. The molecular formula is C11H10ClN3O2. The summed E-state index contributed by atoms with van der Waals surface area (Å²) in [5.41, 5.74) is 1.02. The molecule has 6 heteroatoms. The van der Waals surface area contributed by atoms with Crippen LogP contribution in [0.5, 0.6) is 0 Å². The lowest BCUT2D eigenvalue weighted by Gasteiger charge is -2.06. The van der Waals surface area contributed by atoms with Gasteiger partial charge in [-0.1, -0.05) is 0 Å². The number of ether oxygens (including phenoxy) is 1. The van der Waals surface area contributed by atoms with Crippen LogP contribution in [-0.4, -0.2) is 30.1 Å². The fourth-order valence-corrected chi connectivity index (χ4v) is 1.71. The largest absolute Gasteiger partial charge is 0.465 e. The van der Waals surface area contributed by atoms with E-state index in [2.05, 4.69) is 20.0 Å². The number of nitrogens with one attached hydrogen (secondary N) is 1. The molecule has 0 radical (unpaired) electrons. The lowest BCUT2D eigenvalue weighted by atomic mass is 10.1. The molecule has 0 unspecified atom stereocenters. The zero-order valence-corrected chi connectivity index (χ0v) is 10.1. The molecule has 1 aromatic heterocycles. The van der Waals surface area contributed by atoms with Crippen LogP contribution >= 0.6 is 11.6 Å². The van der Waals surface area contributed by atoms with Gasteiger partial charge in [0.2, 0.25) is 5.28 Å². The zero-order chi connectivity index (χ0) is 12.4. The predicted octanol–water partition coefficient (Wildman–Crippen LogP) is 2.11. The number of nitrogens with zero attached hydrogens (tertiary/aromatic N) is 2. The molecule has 0 aliphatic rings. The topological polar surface area (TPSA) is 64.1 Å². The number of anilines is 1. The minimum absolute atomic E-state index is 0.129. The van der Waals surface area contributed by atoms with E-state index in [1.807, 2.05) is 0 Å². The molecule has 0 saturated carbocycles. The summed E-state index contributed by atoms with van der Waals surface area (Å²) in [6.45, 7) is 0. The highest BCUT2D eigenvalue weighted by atomic mass is 35.5. The Labute approximate surface area is 103 Å². The summed E-state index contributed by atoms with van der Waals surface area (Å²) in [5, 5.41) is 3.85. The molecular weight excluding hydrogens is 242 g/mol. The van der Waals surface area contributed by atoms with E-state index < -0.39 is 5.97 Å². The Hall–Kier alpha value is -1.88. The summed E-state index contributed by atoms with van der Waals surface area (Å²) >= 11 is 5.79. The number of hydrogen-bond donors (Lipinski definition) is 1. The number of aromatic nitrogens is 2. The van der Waals surface area contributed by atoms with Crippen LogP contribution < -0.4 is 5.32 Å². The highest BCUT2D eigenvalue weighted by molar-refractivity contribution is 6.28. The van der Waals surface area contributed by atoms with Gasteiger partial charge in [0.15, 0.2) is 0 Å². The minimum atomic E-state index is -0.410. The molecule has 0 aliphatic heterocycles. The molecule has 1 heterocycles. The maximum atomic E-state index is 11.4. The molecule has 0 spiro atoms. The zero-order valence-electron chi connectivity index (χ0n) is 9.32. The summed E-state index contributed by atoms with van der Waals surface area (Å²) in [6, 6.07) is 5.03. The smallest absolute Gasteiger partial charge is 0.337 e. The molecule has 0 atom stereocenters. The van der Waals surface area contributed by atoms with Gasteiger partial charge in [-0.15, -0.1) is 0 Å². The van der Waals surface area contributed by atoms with Gasteiger partial charge in [-0.2, -0.15) is 0 Å². The average Bonchev–Trinajstić information content (AvgIpc) is 2.35. The standard InChI is InChI=1S/C11H10ClN3O2/c1-13-9-7-4-3-6(10(16)17-2)5-8(7)14-11(12)15-9/h3-5H,1-2H3,(H,13,14,15). The Balaban J connectivity index is 2.65. The van der Waals surface area contributed by atoms with Crippen molar-refractivity contribution in [3.63, 3.8) is 0 Å². The van der Waals surface area contributed by atoms with Gasteiger partial charge in [-0.3, -0.25) is 0 Å². The van der Waals surface area contributed by atoms with Crippen LogP contribution in [0.4, 0.5) is 5.82 Å². The fourth-order valence-electron chi connectivity index (χ4n) is 1.54. The Morgan fingerprint density at radius 2 is 2.18 bits per heavy atom. The number of benzene rings is 1. The summed E-state index contributed by atoms with van der Waals surface area (Å²) in [7, 11) is 3.07. The van der Waals surface area contributed by atoms with E-state index in [0.717, 1.165) is 5.39 Å². The van der Waals surface area contributed by atoms with Gasteiger partial charge in [0.1, 0.15) is 5.82 Å². The molecule has 5 nitrogen and oxygen atoms in total. The highest BCUT2D eigenvalue weighted by Gasteiger charge is 2.10. The SMILES string of the molecule is CNc1nc(Cl)nc2cc(C(=O)OC)ccc12. The molecule has 0 aliphatic carbocycles. The molecule has 1 N–H and O–H groups in total. The van der Waals surface area contributed by atoms with Crippen molar-refractivity contribution >= 4 is 34.3 Å². The Morgan fingerprint density at radius 3 is 2.82 bits per heavy atom. The molecule has 0 saturated heterocycles. The quantitative estimate of drug-likeness (QED) is 0.654. The van der Waals surface area contributed by atoms with Gasteiger partial charge in [0.25, 0.3) is 0 Å². The molecule has 2 aromatic rings. The van der Waals surface area contributed by atoms with Gasteiger partial charge in [0.05, 0.1) is 18.2 Å². The van der Waals surface area contributed by atoms with Crippen LogP contribution in [0.1, 0.15) is 10.4 Å². The number of hydrogen-bond acceptors (Lipinski definition) is 5. The predicted molar refractivity (Wildman–Crippen MR) is 65.4 cm³/mol. The lowest BCUT2D eigenvalue weighted by molar-refractivity contribution is 0.0601. The monoisotopic (exact) mass is 251 g/mol. The first-order chi connectivity index (χ1) is 8.15. The van der Waals surface area contributed by atoms with Crippen LogP contribution in [-0.2, 0) is 4.74 Å². The van der Waals surface area contributed by atoms with Crippen molar-refractivity contribution in [2.24, 2.45) is 0 Å². The van der Waals surface area contributed by atoms with E-state index in [-0.39, 0.29) is 5.28 Å². The van der Waals surface area contributed by atoms with Crippen molar-refractivity contribution in [1.29, 1.82) is 0 Å². The first-order valence-corrected chi connectivity index (χ1v) is 5.27. The van der Waals surface area contributed by atoms with Crippen molar-refractivity contribution in [2.75, 3.05) is 19.5 Å². The second-order valence-corrected chi connectivity index (χ2v) is 3.65. The van der Waals surface area contributed by atoms with E-state index in [4.69, 9.17) is 11.6 Å². The normalized spacial score (nSPS) is 10.3. The van der Waals surface area contributed by atoms with Crippen molar-refractivity contribution in [1.82, 2.24) is 9.97 Å². The second kappa shape index (κ2) is 4.55. The van der Waals surface area contributed by atoms with Crippen molar-refractivity contribution < 1.29 is 9.53 Å². The van der Waals surface area contributed by atoms with Crippen LogP contribution in [0.2, 0.25) is 5.28 Å². The number of carbonyl (C=O) groups is 1. The van der Waals surface area contributed by atoms with Crippen LogP contribution in [0.15, 0.2) is 18.2 Å². The van der Waals surface area contributed by atoms with E-state index in [9.17, 15) is 4.79 Å². The summed E-state index contributed by atoms with van der Waals surface area (Å²) in [4.78, 5) is 19.5. The molecule has 88 valence electrons. The second-order valence-electron chi connectivity index (χ2n) is 3.31. The van der Waals surface area contributed by atoms with E-state index in [1.165, 1.54) is 7.11 Å². The molecule has 0 fully saturated rings. The third-order valence-electron chi connectivity index (χ3n) is 2.33. The molecule has 0 amide bonds. The third kappa shape index (κ3) is 2.14. The highest BCUT2D eigenvalue weighted by Crippen LogP contribution is 2.23. The van der Waals surface area contributed by atoms with Gasteiger partial charge in [-0.05, 0) is 29.8 Å². The summed E-state index contributed by atoms with van der Waals surface area (Å²) < 4.78 is 4.64. The van der Waals surface area contributed by atoms with Crippen molar-refractivity contribution in [3.05, 3.63) is 29.0 Å². The number of esters is 1. The van der Waals surface area contributed by atoms with E-state index in [1.54, 1.807) is 25.2 Å². The molecule has 2 rings (SSSR count). The van der Waals surface area contributed by atoms with Crippen LogP contribution in [0.3, 0.4) is 0 Å². The summed E-state index contributed by atoms with van der Waals surface area (Å²) in [6.07, 6.45) is 0. The van der Waals surface area contributed by atoms with Gasteiger partial charge >= 0.3 is 5.97 Å². The third-order valence-corrected chi connectivity index (χ3v) is 2.50. The minimum Gasteiger partial charge on any atom is -0.465 e. The number of carbonyl (C=O) groups excluding carboxylic acids is 1. The Kier molecular flexibility index (Phi) is 3.10. The number of rotatable bonds is 2. The first-order valence-electron chi connectivity index (χ1n) is 4.89. The van der Waals surface area contributed by atoms with Crippen LogP contribution in [0.25, 0.3) is 10.9 Å². The number of halogens is 1. The number of fused-ring (bicyclic) bond motifs is 1.